The van der Waals surface area contributed by atoms with E-state index in [0.717, 1.165) is 0 Å². The Labute approximate surface area is 115 Å². The van der Waals surface area contributed by atoms with Crippen molar-refractivity contribution in [3.8, 4) is 17.2 Å². The van der Waals surface area contributed by atoms with Gasteiger partial charge in [-0.25, -0.2) is 14.2 Å². The van der Waals surface area contributed by atoms with Crippen LogP contribution in [-0.4, -0.2) is 23.2 Å². The fraction of sp³-hybridized carbons (Fsp3) is 0.286. The molecule has 0 aliphatic carbocycles. The smallest absolute Gasteiger partial charge is 0.373 e. The summed E-state index contributed by atoms with van der Waals surface area (Å²) in [6.45, 7) is 3.57. The molecule has 0 atom stereocenters. The van der Waals surface area contributed by atoms with Crippen molar-refractivity contribution in [1.29, 1.82) is 0 Å². The lowest BCUT2D eigenvalue weighted by Crippen LogP contribution is -2.01. The van der Waals surface area contributed by atoms with Gasteiger partial charge in [-0.2, -0.15) is 0 Å². The molecule has 1 aromatic heterocycles. The number of hydrogen-bond donors (Lipinski definition) is 1. The fourth-order valence-corrected chi connectivity index (χ4v) is 1.87. The van der Waals surface area contributed by atoms with E-state index in [4.69, 9.17) is 14.3 Å². The van der Waals surface area contributed by atoms with Crippen LogP contribution in [0.25, 0.3) is 11.5 Å². The molecule has 1 aromatic carbocycles. The van der Waals surface area contributed by atoms with E-state index in [1.807, 2.05) is 0 Å². The molecule has 1 heterocycles. The molecule has 2 rings (SSSR count). The molecule has 1 N–H and O–H groups in total. The third-order valence-electron chi connectivity index (χ3n) is 2.80. The first-order valence-electron chi connectivity index (χ1n) is 6.02. The highest BCUT2D eigenvalue weighted by molar-refractivity contribution is 5.86. The van der Waals surface area contributed by atoms with Crippen LogP contribution >= 0.6 is 0 Å². The van der Waals surface area contributed by atoms with Gasteiger partial charge in [-0.05, 0) is 18.1 Å². The van der Waals surface area contributed by atoms with Crippen molar-refractivity contribution in [2.45, 2.75) is 19.8 Å². The quantitative estimate of drug-likeness (QED) is 0.929. The molecule has 0 radical (unpaired) electrons. The second-order valence-corrected chi connectivity index (χ2v) is 4.51. The first-order valence-corrected chi connectivity index (χ1v) is 6.02. The van der Waals surface area contributed by atoms with Gasteiger partial charge in [-0.15, -0.1) is 0 Å². The highest BCUT2D eigenvalue weighted by atomic mass is 19.1. The largest absolute Gasteiger partial charge is 0.496 e. The van der Waals surface area contributed by atoms with Crippen LogP contribution in [0.3, 0.4) is 0 Å². The molecule has 0 unspecified atom stereocenters. The van der Waals surface area contributed by atoms with E-state index in [9.17, 15) is 9.18 Å². The second kappa shape index (κ2) is 5.32. The Hall–Kier alpha value is -2.37. The molecule has 0 aliphatic rings. The highest BCUT2D eigenvalue weighted by Gasteiger charge is 2.25. The second-order valence-electron chi connectivity index (χ2n) is 4.51. The third kappa shape index (κ3) is 2.36. The van der Waals surface area contributed by atoms with Crippen LogP contribution < -0.4 is 4.74 Å². The van der Waals surface area contributed by atoms with Crippen LogP contribution in [0.15, 0.2) is 22.6 Å². The number of carboxylic acids is 1. The molecule has 0 amide bonds. The van der Waals surface area contributed by atoms with Gasteiger partial charge in [0.1, 0.15) is 17.1 Å². The molecule has 0 fully saturated rings. The number of carbonyl (C=O) groups is 1. The normalized spacial score (nSPS) is 10.8. The van der Waals surface area contributed by atoms with E-state index in [1.165, 1.54) is 19.2 Å². The van der Waals surface area contributed by atoms with Crippen LogP contribution in [-0.2, 0) is 0 Å². The lowest BCUT2D eigenvalue weighted by Gasteiger charge is -2.05. The fourth-order valence-electron chi connectivity index (χ4n) is 1.87. The van der Waals surface area contributed by atoms with Gasteiger partial charge in [0.15, 0.2) is 0 Å². The number of rotatable bonds is 4. The number of nitrogens with zero attached hydrogens (tertiary/aromatic N) is 1. The topological polar surface area (TPSA) is 72.6 Å². The number of halogens is 1. The van der Waals surface area contributed by atoms with Crippen LogP contribution in [0.4, 0.5) is 4.39 Å². The van der Waals surface area contributed by atoms with E-state index < -0.39 is 11.8 Å². The summed E-state index contributed by atoms with van der Waals surface area (Å²) >= 11 is 0. The predicted octanol–water partition coefficient (Wildman–Crippen LogP) is 3.31. The number of hydrogen-bond acceptors (Lipinski definition) is 4. The molecule has 0 saturated carbocycles. The Kier molecular flexibility index (Phi) is 3.74. The highest BCUT2D eigenvalue weighted by Crippen LogP contribution is 2.34. The molecular formula is C14H14FNO4. The zero-order valence-electron chi connectivity index (χ0n) is 11.3. The maximum atomic E-state index is 13.9. The Morgan fingerprint density at radius 1 is 1.45 bits per heavy atom. The monoisotopic (exact) mass is 279 g/mol. The first kappa shape index (κ1) is 14.0. The number of oxazole rings is 1. The summed E-state index contributed by atoms with van der Waals surface area (Å²) in [6.07, 6.45) is 0. The van der Waals surface area contributed by atoms with Crippen molar-refractivity contribution in [3.63, 3.8) is 0 Å². The zero-order valence-corrected chi connectivity index (χ0v) is 11.3. The van der Waals surface area contributed by atoms with Crippen LogP contribution in [0.5, 0.6) is 5.75 Å². The molecule has 2 aromatic rings. The van der Waals surface area contributed by atoms with Crippen molar-refractivity contribution in [3.05, 3.63) is 35.5 Å². The molecule has 0 saturated heterocycles. The van der Waals surface area contributed by atoms with Crippen molar-refractivity contribution in [2.24, 2.45) is 0 Å². The van der Waals surface area contributed by atoms with E-state index in [0.29, 0.717) is 0 Å². The van der Waals surface area contributed by atoms with Gasteiger partial charge >= 0.3 is 5.97 Å². The van der Waals surface area contributed by atoms with Gasteiger partial charge in [0.2, 0.25) is 11.7 Å². The maximum absolute atomic E-state index is 13.9. The standard InChI is InChI=1S/C14H14FNO4/c1-7(2)11-12(14(17)18)20-13(16-11)10-8(15)5-4-6-9(10)19-3/h4-7H,1-3H3,(H,17,18). The summed E-state index contributed by atoms with van der Waals surface area (Å²) in [4.78, 5) is 15.3. The molecular weight excluding hydrogens is 265 g/mol. The van der Waals surface area contributed by atoms with Crippen molar-refractivity contribution < 1.29 is 23.4 Å². The molecule has 0 spiro atoms. The number of ether oxygens (including phenoxy) is 1. The Morgan fingerprint density at radius 2 is 2.15 bits per heavy atom. The van der Waals surface area contributed by atoms with E-state index >= 15 is 0 Å². The molecule has 0 bridgehead atoms. The minimum absolute atomic E-state index is 0.0180. The van der Waals surface area contributed by atoms with Gasteiger partial charge < -0.3 is 14.3 Å². The summed E-state index contributed by atoms with van der Waals surface area (Å²) < 4.78 is 24.2. The molecule has 5 nitrogen and oxygen atoms in total. The maximum Gasteiger partial charge on any atom is 0.373 e. The summed E-state index contributed by atoms with van der Waals surface area (Å²) in [7, 11) is 1.39. The van der Waals surface area contributed by atoms with Crippen molar-refractivity contribution in [1.82, 2.24) is 4.98 Å². The SMILES string of the molecule is COc1cccc(F)c1-c1nc(C(C)C)c(C(=O)O)o1. The summed E-state index contributed by atoms with van der Waals surface area (Å²) in [5.74, 6) is -2.11. The summed E-state index contributed by atoms with van der Waals surface area (Å²) in [6, 6.07) is 4.28. The van der Waals surface area contributed by atoms with Gasteiger partial charge in [-0.1, -0.05) is 19.9 Å². The van der Waals surface area contributed by atoms with Crippen molar-refractivity contribution in [2.75, 3.05) is 7.11 Å². The van der Waals surface area contributed by atoms with E-state index in [-0.39, 0.29) is 34.6 Å². The number of methoxy groups -OCH3 is 1. The Balaban J connectivity index is 2.65. The van der Waals surface area contributed by atoms with E-state index in [2.05, 4.69) is 4.98 Å². The minimum atomic E-state index is -1.23. The molecule has 0 aliphatic heterocycles. The molecule has 20 heavy (non-hydrogen) atoms. The third-order valence-corrected chi connectivity index (χ3v) is 2.80. The lowest BCUT2D eigenvalue weighted by atomic mass is 10.1. The molecule has 106 valence electrons. The predicted molar refractivity (Wildman–Crippen MR) is 69.5 cm³/mol. The van der Waals surface area contributed by atoms with E-state index in [1.54, 1.807) is 19.9 Å². The lowest BCUT2D eigenvalue weighted by molar-refractivity contribution is 0.0661. The summed E-state index contributed by atoms with van der Waals surface area (Å²) in [5.41, 5.74) is 0.294. The van der Waals surface area contributed by atoms with Crippen molar-refractivity contribution >= 4 is 5.97 Å². The number of carboxylic acid groups (broad SMARTS) is 1. The van der Waals surface area contributed by atoms with Crippen LogP contribution in [0.1, 0.15) is 36.0 Å². The average molecular weight is 279 g/mol. The average Bonchev–Trinajstić information content (AvgIpc) is 2.83. The zero-order chi connectivity index (χ0) is 14.9. The van der Waals surface area contributed by atoms with Gasteiger partial charge in [-0.3, -0.25) is 0 Å². The Morgan fingerprint density at radius 3 is 2.65 bits per heavy atom. The molecule has 6 heteroatoms. The number of aromatic carboxylic acids is 1. The first-order chi connectivity index (χ1) is 9.45. The van der Waals surface area contributed by atoms with Gasteiger partial charge in [0, 0.05) is 0 Å². The van der Waals surface area contributed by atoms with Gasteiger partial charge in [0.05, 0.1) is 12.8 Å². The summed E-state index contributed by atoms with van der Waals surface area (Å²) in [5, 5.41) is 9.11. The number of aromatic nitrogens is 1. The Bertz CT molecular complexity index is 649. The number of benzene rings is 1. The van der Waals surface area contributed by atoms with Crippen LogP contribution in [0.2, 0.25) is 0 Å². The minimum Gasteiger partial charge on any atom is -0.496 e. The van der Waals surface area contributed by atoms with Crippen LogP contribution in [0, 0.1) is 5.82 Å². The van der Waals surface area contributed by atoms with Gasteiger partial charge in [0.25, 0.3) is 0 Å².